The second kappa shape index (κ2) is 5.77. The van der Waals surface area contributed by atoms with E-state index in [-0.39, 0.29) is 0 Å². The van der Waals surface area contributed by atoms with Gasteiger partial charge in [0.15, 0.2) is 0 Å². The van der Waals surface area contributed by atoms with Crippen LogP contribution in [-0.2, 0) is 4.74 Å². The van der Waals surface area contributed by atoms with Crippen LogP contribution >= 0.6 is 11.6 Å². The summed E-state index contributed by atoms with van der Waals surface area (Å²) in [7, 11) is 0. The molecule has 0 bridgehead atoms. The van der Waals surface area contributed by atoms with Crippen LogP contribution in [0.5, 0.6) is 0 Å². The first-order valence-corrected chi connectivity index (χ1v) is 8.48. The van der Waals surface area contributed by atoms with Crippen molar-refractivity contribution in [1.82, 2.24) is 9.97 Å². The Bertz CT molecular complexity index is 728. The topological polar surface area (TPSA) is 47.0 Å². The number of hydrogen-bond acceptors (Lipinski definition) is 4. The molecule has 2 fully saturated rings. The van der Waals surface area contributed by atoms with Crippen LogP contribution in [0.4, 0.5) is 5.82 Å². The quantitative estimate of drug-likeness (QED) is 0.921. The van der Waals surface area contributed by atoms with Crippen molar-refractivity contribution in [3.8, 4) is 11.3 Å². The highest BCUT2D eigenvalue weighted by Crippen LogP contribution is 2.54. The van der Waals surface area contributed by atoms with E-state index in [9.17, 15) is 0 Å². The molecule has 1 atom stereocenters. The van der Waals surface area contributed by atoms with E-state index in [0.29, 0.717) is 16.5 Å². The number of halogens is 1. The van der Waals surface area contributed by atoms with Gasteiger partial charge in [-0.15, -0.1) is 0 Å². The molecule has 120 valence electrons. The zero-order chi connectivity index (χ0) is 15.9. The Balaban J connectivity index is 1.54. The highest BCUT2D eigenvalue weighted by molar-refractivity contribution is 6.33. The van der Waals surface area contributed by atoms with E-state index in [2.05, 4.69) is 10.3 Å². The van der Waals surface area contributed by atoms with Crippen LogP contribution in [0.1, 0.15) is 25.0 Å². The van der Waals surface area contributed by atoms with Crippen molar-refractivity contribution in [3.05, 3.63) is 41.2 Å². The van der Waals surface area contributed by atoms with Gasteiger partial charge in [0.25, 0.3) is 0 Å². The molecule has 2 aliphatic rings. The zero-order valence-electron chi connectivity index (χ0n) is 13.2. The first-order chi connectivity index (χ1) is 11.2. The minimum absolute atomic E-state index is 0.431. The van der Waals surface area contributed by atoms with Crippen LogP contribution in [0.2, 0.25) is 5.02 Å². The summed E-state index contributed by atoms with van der Waals surface area (Å²) in [6.45, 7) is 3.73. The summed E-state index contributed by atoms with van der Waals surface area (Å²) >= 11 is 6.28. The standard InChI is InChI=1S/C18H20ClN3O/c1-12-9-13(14(19)11-20-12)15-3-2-4-17(21-15)22-16-10-18(16)5-7-23-8-6-18/h2-4,9,11,16H,5-8,10H2,1H3,(H,21,22). The summed E-state index contributed by atoms with van der Waals surface area (Å²) in [5, 5.41) is 4.23. The first kappa shape index (κ1) is 14.9. The lowest BCUT2D eigenvalue weighted by molar-refractivity contribution is 0.0567. The molecule has 0 amide bonds. The molecule has 23 heavy (non-hydrogen) atoms. The van der Waals surface area contributed by atoms with Crippen molar-refractivity contribution in [1.29, 1.82) is 0 Å². The van der Waals surface area contributed by atoms with Crippen LogP contribution in [-0.4, -0.2) is 29.2 Å². The number of nitrogens with one attached hydrogen (secondary N) is 1. The van der Waals surface area contributed by atoms with E-state index < -0.39 is 0 Å². The highest BCUT2D eigenvalue weighted by Gasteiger charge is 2.54. The van der Waals surface area contributed by atoms with Gasteiger partial charge in [-0.3, -0.25) is 4.98 Å². The molecule has 2 aromatic heterocycles. The summed E-state index contributed by atoms with van der Waals surface area (Å²) in [4.78, 5) is 8.96. The summed E-state index contributed by atoms with van der Waals surface area (Å²) in [6.07, 6.45) is 5.21. The fourth-order valence-corrected chi connectivity index (χ4v) is 3.67. The average molecular weight is 330 g/mol. The van der Waals surface area contributed by atoms with Gasteiger partial charge in [-0.1, -0.05) is 17.7 Å². The number of aryl methyl sites for hydroxylation is 1. The average Bonchev–Trinajstić information content (AvgIpc) is 3.21. The number of ether oxygens (including phenoxy) is 1. The molecule has 4 rings (SSSR count). The van der Waals surface area contributed by atoms with Gasteiger partial charge in [0.1, 0.15) is 5.82 Å². The molecule has 1 N–H and O–H groups in total. The van der Waals surface area contributed by atoms with Crippen molar-refractivity contribution >= 4 is 17.4 Å². The lowest BCUT2D eigenvalue weighted by atomic mass is 9.96. The minimum atomic E-state index is 0.431. The van der Waals surface area contributed by atoms with Crippen LogP contribution in [0, 0.1) is 12.3 Å². The van der Waals surface area contributed by atoms with E-state index in [4.69, 9.17) is 21.3 Å². The Morgan fingerprint density at radius 3 is 2.96 bits per heavy atom. The number of rotatable bonds is 3. The van der Waals surface area contributed by atoms with Crippen LogP contribution in [0.15, 0.2) is 30.5 Å². The Hall–Kier alpha value is -1.65. The Morgan fingerprint density at radius 1 is 1.30 bits per heavy atom. The lowest BCUT2D eigenvalue weighted by Gasteiger charge is -2.23. The molecule has 5 heteroatoms. The number of anilines is 1. The predicted octanol–water partition coefficient (Wildman–Crippen LogP) is 4.09. The molecule has 1 spiro atoms. The van der Waals surface area contributed by atoms with Gasteiger partial charge in [-0.05, 0) is 49.8 Å². The summed E-state index contributed by atoms with van der Waals surface area (Å²) in [5.74, 6) is 0.918. The van der Waals surface area contributed by atoms with Gasteiger partial charge in [0.05, 0.1) is 10.7 Å². The Labute approximate surface area is 141 Å². The molecule has 3 heterocycles. The molecule has 2 aromatic rings. The SMILES string of the molecule is Cc1cc(-c2cccc(NC3CC34CCOCC4)n2)c(Cl)cn1. The van der Waals surface area contributed by atoms with E-state index >= 15 is 0 Å². The molecule has 1 aliphatic heterocycles. The molecular formula is C18H20ClN3O. The van der Waals surface area contributed by atoms with E-state index in [1.807, 2.05) is 31.2 Å². The zero-order valence-corrected chi connectivity index (χ0v) is 13.9. The third-order valence-electron chi connectivity index (χ3n) is 5.02. The maximum atomic E-state index is 6.28. The van der Waals surface area contributed by atoms with Crippen LogP contribution < -0.4 is 5.32 Å². The monoisotopic (exact) mass is 329 g/mol. The number of nitrogens with zero attached hydrogens (tertiary/aromatic N) is 2. The third-order valence-corrected chi connectivity index (χ3v) is 5.32. The highest BCUT2D eigenvalue weighted by atomic mass is 35.5. The van der Waals surface area contributed by atoms with E-state index in [0.717, 1.165) is 48.8 Å². The van der Waals surface area contributed by atoms with Gasteiger partial charge < -0.3 is 10.1 Å². The van der Waals surface area contributed by atoms with Crippen molar-refractivity contribution in [2.45, 2.75) is 32.2 Å². The van der Waals surface area contributed by atoms with E-state index in [1.54, 1.807) is 6.20 Å². The second-order valence-electron chi connectivity index (χ2n) is 6.59. The van der Waals surface area contributed by atoms with Gasteiger partial charge >= 0.3 is 0 Å². The van der Waals surface area contributed by atoms with Gasteiger partial charge in [0, 0.05) is 36.7 Å². The van der Waals surface area contributed by atoms with Gasteiger partial charge in [-0.25, -0.2) is 4.98 Å². The second-order valence-corrected chi connectivity index (χ2v) is 7.00. The number of aromatic nitrogens is 2. The van der Waals surface area contributed by atoms with Gasteiger partial charge in [-0.2, -0.15) is 0 Å². The maximum absolute atomic E-state index is 6.28. The number of pyridine rings is 2. The molecular weight excluding hydrogens is 310 g/mol. The molecule has 4 nitrogen and oxygen atoms in total. The Kier molecular flexibility index (Phi) is 3.74. The first-order valence-electron chi connectivity index (χ1n) is 8.10. The largest absolute Gasteiger partial charge is 0.381 e. The van der Waals surface area contributed by atoms with Crippen molar-refractivity contribution in [2.24, 2.45) is 5.41 Å². The predicted molar refractivity (Wildman–Crippen MR) is 91.7 cm³/mol. The summed E-state index contributed by atoms with van der Waals surface area (Å²) < 4.78 is 5.48. The maximum Gasteiger partial charge on any atom is 0.126 e. The third kappa shape index (κ3) is 2.93. The fraction of sp³-hybridized carbons (Fsp3) is 0.444. The Morgan fingerprint density at radius 2 is 2.13 bits per heavy atom. The molecule has 0 radical (unpaired) electrons. The summed E-state index contributed by atoms with van der Waals surface area (Å²) in [5.41, 5.74) is 3.18. The van der Waals surface area contributed by atoms with Crippen LogP contribution in [0.3, 0.4) is 0 Å². The van der Waals surface area contributed by atoms with Crippen molar-refractivity contribution in [2.75, 3.05) is 18.5 Å². The number of hydrogen-bond donors (Lipinski definition) is 1. The van der Waals surface area contributed by atoms with Crippen LogP contribution in [0.25, 0.3) is 11.3 Å². The van der Waals surface area contributed by atoms with E-state index in [1.165, 1.54) is 6.42 Å². The lowest BCUT2D eigenvalue weighted by Crippen LogP contribution is -2.23. The van der Waals surface area contributed by atoms with Crippen molar-refractivity contribution < 1.29 is 4.74 Å². The summed E-state index contributed by atoms with van der Waals surface area (Å²) in [6, 6.07) is 8.53. The minimum Gasteiger partial charge on any atom is -0.381 e. The fourth-order valence-electron chi connectivity index (χ4n) is 3.47. The smallest absolute Gasteiger partial charge is 0.126 e. The molecule has 1 aliphatic carbocycles. The molecule has 1 saturated heterocycles. The molecule has 1 unspecified atom stereocenters. The van der Waals surface area contributed by atoms with Crippen molar-refractivity contribution in [3.63, 3.8) is 0 Å². The normalized spacial score (nSPS) is 22.1. The van der Waals surface area contributed by atoms with Gasteiger partial charge in [0.2, 0.25) is 0 Å². The molecule has 1 saturated carbocycles. The molecule has 0 aromatic carbocycles.